The largest absolute Gasteiger partial charge is 0.345 e. The molecule has 0 amide bonds. The van der Waals surface area contributed by atoms with Crippen LogP contribution in [0, 0.1) is 0 Å². The Morgan fingerprint density at radius 2 is 2.09 bits per heavy atom. The predicted octanol–water partition coefficient (Wildman–Crippen LogP) is 1.96. The van der Waals surface area contributed by atoms with E-state index < -0.39 is 0 Å². The van der Waals surface area contributed by atoms with Gasteiger partial charge in [0.15, 0.2) is 11.0 Å². The van der Waals surface area contributed by atoms with Crippen molar-refractivity contribution in [2.75, 3.05) is 31.1 Å². The van der Waals surface area contributed by atoms with Gasteiger partial charge in [0.25, 0.3) is 0 Å². The van der Waals surface area contributed by atoms with Crippen LogP contribution in [0.1, 0.15) is 18.6 Å². The number of rotatable bonds is 4. The first-order valence-corrected chi connectivity index (χ1v) is 8.64. The lowest BCUT2D eigenvalue weighted by molar-refractivity contribution is 0.240. The number of hydrogen-bond donors (Lipinski definition) is 0. The third kappa shape index (κ3) is 3.04. The molecular weight excluding hydrogens is 312 g/mol. The van der Waals surface area contributed by atoms with Gasteiger partial charge in [0.1, 0.15) is 10.3 Å². The van der Waals surface area contributed by atoms with Gasteiger partial charge in [-0.2, -0.15) is 4.98 Å². The number of hydrogen-bond acceptors (Lipinski definition) is 8. The zero-order valence-corrected chi connectivity index (χ0v) is 13.8. The van der Waals surface area contributed by atoms with E-state index in [1.165, 1.54) is 0 Å². The summed E-state index contributed by atoms with van der Waals surface area (Å²) in [6, 6.07) is 3.94. The van der Waals surface area contributed by atoms with Crippen LogP contribution in [0.25, 0.3) is 10.3 Å². The highest BCUT2D eigenvalue weighted by Crippen LogP contribution is 2.27. The molecule has 4 rings (SSSR count). The molecule has 3 aromatic heterocycles. The molecule has 0 atom stereocenters. The minimum atomic E-state index is 0.709. The van der Waals surface area contributed by atoms with Gasteiger partial charge in [-0.3, -0.25) is 4.90 Å². The van der Waals surface area contributed by atoms with Crippen LogP contribution in [0.4, 0.5) is 5.13 Å². The van der Waals surface area contributed by atoms with E-state index in [9.17, 15) is 0 Å². The fourth-order valence-electron chi connectivity index (χ4n) is 2.69. The molecule has 0 saturated carbocycles. The van der Waals surface area contributed by atoms with Crippen molar-refractivity contribution in [1.82, 2.24) is 25.0 Å². The Kier molecular flexibility index (Phi) is 3.92. The lowest BCUT2D eigenvalue weighted by atomic mass is 10.3. The maximum Gasteiger partial charge on any atom is 0.226 e. The second-order valence-corrected chi connectivity index (χ2v) is 6.50. The molecule has 0 unspecified atom stereocenters. The average molecular weight is 330 g/mol. The van der Waals surface area contributed by atoms with Crippen molar-refractivity contribution >= 4 is 26.8 Å². The van der Waals surface area contributed by atoms with Gasteiger partial charge in [0.05, 0.1) is 6.54 Å². The van der Waals surface area contributed by atoms with Crippen LogP contribution in [-0.2, 0) is 13.0 Å². The molecule has 1 saturated heterocycles. The summed E-state index contributed by atoms with van der Waals surface area (Å²) >= 11 is 1.66. The van der Waals surface area contributed by atoms with Gasteiger partial charge in [0.2, 0.25) is 5.89 Å². The second kappa shape index (κ2) is 6.21. The fourth-order valence-corrected chi connectivity index (χ4v) is 3.65. The zero-order valence-electron chi connectivity index (χ0n) is 13.0. The molecule has 3 aromatic rings. The Morgan fingerprint density at radius 3 is 2.83 bits per heavy atom. The highest BCUT2D eigenvalue weighted by molar-refractivity contribution is 7.21. The van der Waals surface area contributed by atoms with E-state index in [0.717, 1.165) is 60.4 Å². The molecule has 4 heterocycles. The van der Waals surface area contributed by atoms with Gasteiger partial charge in [-0.1, -0.05) is 23.4 Å². The molecule has 1 aliphatic rings. The summed E-state index contributed by atoms with van der Waals surface area (Å²) in [7, 11) is 0. The highest BCUT2D eigenvalue weighted by atomic mass is 32.1. The van der Waals surface area contributed by atoms with Gasteiger partial charge in [-0.25, -0.2) is 9.97 Å². The number of thiazole rings is 1. The lowest BCUT2D eigenvalue weighted by Gasteiger charge is -2.33. The highest BCUT2D eigenvalue weighted by Gasteiger charge is 2.21. The first-order valence-electron chi connectivity index (χ1n) is 7.82. The van der Waals surface area contributed by atoms with E-state index in [0.29, 0.717) is 5.89 Å². The normalized spacial score (nSPS) is 16.3. The monoisotopic (exact) mass is 330 g/mol. The van der Waals surface area contributed by atoms with E-state index in [1.807, 2.05) is 25.3 Å². The molecule has 1 fully saturated rings. The van der Waals surface area contributed by atoms with Crippen molar-refractivity contribution in [3.05, 3.63) is 30.0 Å². The van der Waals surface area contributed by atoms with Gasteiger partial charge in [-0.15, -0.1) is 0 Å². The summed E-state index contributed by atoms with van der Waals surface area (Å²) in [6.45, 7) is 6.62. The Hall–Kier alpha value is -2.06. The van der Waals surface area contributed by atoms with Crippen molar-refractivity contribution < 1.29 is 4.52 Å². The summed E-state index contributed by atoms with van der Waals surface area (Å²) in [5, 5.41) is 5.09. The zero-order chi connectivity index (χ0) is 15.6. The Morgan fingerprint density at radius 1 is 1.22 bits per heavy atom. The molecule has 0 N–H and O–H groups in total. The van der Waals surface area contributed by atoms with E-state index in [2.05, 4.69) is 29.9 Å². The number of fused-ring (bicyclic) bond motifs is 1. The van der Waals surface area contributed by atoms with Crippen molar-refractivity contribution in [2.24, 2.45) is 0 Å². The second-order valence-electron chi connectivity index (χ2n) is 5.55. The number of nitrogens with zero attached hydrogens (tertiary/aromatic N) is 6. The smallest absolute Gasteiger partial charge is 0.226 e. The van der Waals surface area contributed by atoms with E-state index in [-0.39, 0.29) is 0 Å². The Balaban J connectivity index is 1.38. The molecule has 120 valence electrons. The number of anilines is 1. The first kappa shape index (κ1) is 14.5. The van der Waals surface area contributed by atoms with Crippen molar-refractivity contribution in [1.29, 1.82) is 0 Å². The molecule has 0 bridgehead atoms. The maximum absolute atomic E-state index is 5.17. The molecule has 23 heavy (non-hydrogen) atoms. The molecule has 0 radical (unpaired) electrons. The van der Waals surface area contributed by atoms with Crippen LogP contribution in [0.3, 0.4) is 0 Å². The standard InChI is InChI=1S/C15H18N6OS/c1-2-13-18-12(19-22-13)10-20-6-8-21(9-7-20)15-17-11-4-3-5-16-14(11)23-15/h3-5H,2,6-10H2,1H3. The molecule has 0 spiro atoms. The molecule has 0 aromatic carbocycles. The minimum absolute atomic E-state index is 0.709. The number of aromatic nitrogens is 4. The first-order chi connectivity index (χ1) is 11.3. The molecule has 0 aliphatic carbocycles. The SMILES string of the molecule is CCc1nc(CN2CCN(c3nc4cccnc4s3)CC2)no1. The van der Waals surface area contributed by atoms with Crippen molar-refractivity contribution in [3.8, 4) is 0 Å². The minimum Gasteiger partial charge on any atom is -0.345 e. The molecular formula is C15H18N6OS. The summed E-state index contributed by atoms with van der Waals surface area (Å²) in [5.41, 5.74) is 0.980. The third-order valence-electron chi connectivity index (χ3n) is 3.98. The van der Waals surface area contributed by atoms with Crippen LogP contribution in [0.15, 0.2) is 22.9 Å². The average Bonchev–Trinajstić information content (AvgIpc) is 3.21. The van der Waals surface area contributed by atoms with E-state index >= 15 is 0 Å². The van der Waals surface area contributed by atoms with Crippen molar-refractivity contribution in [3.63, 3.8) is 0 Å². The third-order valence-corrected chi connectivity index (χ3v) is 5.02. The predicted molar refractivity (Wildman–Crippen MR) is 88.6 cm³/mol. The quantitative estimate of drug-likeness (QED) is 0.724. The fraction of sp³-hybridized carbons (Fsp3) is 0.467. The molecule has 7 nitrogen and oxygen atoms in total. The van der Waals surface area contributed by atoms with Crippen molar-refractivity contribution in [2.45, 2.75) is 19.9 Å². The van der Waals surface area contributed by atoms with Gasteiger partial charge in [-0.05, 0) is 12.1 Å². The Bertz CT molecular complexity index is 759. The van der Waals surface area contributed by atoms with Gasteiger partial charge < -0.3 is 9.42 Å². The topological polar surface area (TPSA) is 71.2 Å². The van der Waals surface area contributed by atoms with Crippen LogP contribution in [0.2, 0.25) is 0 Å². The van der Waals surface area contributed by atoms with Crippen LogP contribution in [-0.4, -0.2) is 51.2 Å². The molecule has 1 aliphatic heterocycles. The van der Waals surface area contributed by atoms with E-state index in [1.54, 1.807) is 11.3 Å². The lowest BCUT2D eigenvalue weighted by Crippen LogP contribution is -2.46. The molecule has 8 heteroatoms. The summed E-state index contributed by atoms with van der Waals surface area (Å²) in [5.74, 6) is 1.49. The van der Waals surface area contributed by atoms with Crippen LogP contribution >= 0.6 is 11.3 Å². The van der Waals surface area contributed by atoms with Gasteiger partial charge >= 0.3 is 0 Å². The number of pyridine rings is 1. The maximum atomic E-state index is 5.17. The van der Waals surface area contributed by atoms with Crippen LogP contribution in [0.5, 0.6) is 0 Å². The summed E-state index contributed by atoms with van der Waals surface area (Å²) in [4.78, 5) is 19.1. The van der Waals surface area contributed by atoms with Gasteiger partial charge in [0, 0.05) is 38.8 Å². The van der Waals surface area contributed by atoms with E-state index in [4.69, 9.17) is 4.52 Å². The van der Waals surface area contributed by atoms with Crippen LogP contribution < -0.4 is 4.90 Å². The summed E-state index contributed by atoms with van der Waals surface area (Å²) < 4.78 is 5.17. The Labute approximate surface area is 138 Å². The number of piperazine rings is 1. The number of aryl methyl sites for hydroxylation is 1. The summed E-state index contributed by atoms with van der Waals surface area (Å²) in [6.07, 6.45) is 2.60.